The molecule has 0 aromatic heterocycles. The van der Waals surface area contributed by atoms with Crippen LogP contribution in [0.25, 0.3) is 0 Å². The van der Waals surface area contributed by atoms with Gasteiger partial charge < -0.3 is 10.1 Å². The highest BCUT2D eigenvalue weighted by atomic mass is 32.2. The van der Waals surface area contributed by atoms with Crippen LogP contribution in [-0.2, 0) is 24.2 Å². The third-order valence-corrected chi connectivity index (χ3v) is 6.07. The van der Waals surface area contributed by atoms with Gasteiger partial charge >= 0.3 is 5.97 Å². The van der Waals surface area contributed by atoms with Gasteiger partial charge in [-0.25, -0.2) is 8.42 Å². The van der Waals surface area contributed by atoms with Crippen molar-refractivity contribution in [3.63, 3.8) is 0 Å². The van der Waals surface area contributed by atoms with E-state index in [1.165, 1.54) is 31.2 Å². The van der Waals surface area contributed by atoms with E-state index in [-0.39, 0.29) is 17.9 Å². The first-order chi connectivity index (χ1) is 11.7. The van der Waals surface area contributed by atoms with Gasteiger partial charge in [0, 0.05) is 10.6 Å². The molecule has 0 radical (unpaired) electrons. The summed E-state index contributed by atoms with van der Waals surface area (Å²) in [5.74, 6) is -4.90. The molecule has 0 saturated carbocycles. The van der Waals surface area contributed by atoms with E-state index in [9.17, 15) is 26.8 Å². The SMILES string of the molecule is C[C@@H](OC(=O)[C@H]1CCS(=O)(=O)C1)C(=O)Nc1ccc(SC(F)F)cc1. The molecule has 1 aliphatic heterocycles. The second-order valence-corrected chi connectivity index (χ2v) is 8.86. The van der Waals surface area contributed by atoms with Crippen molar-refractivity contribution in [2.24, 2.45) is 5.92 Å². The first-order valence-corrected chi connectivity index (χ1v) is 10.1. The van der Waals surface area contributed by atoms with Crippen molar-refractivity contribution in [2.45, 2.75) is 30.1 Å². The van der Waals surface area contributed by atoms with Crippen LogP contribution in [0.4, 0.5) is 14.5 Å². The fraction of sp³-hybridized carbons (Fsp3) is 0.467. The number of benzene rings is 1. The van der Waals surface area contributed by atoms with Gasteiger partial charge in [0.25, 0.3) is 11.7 Å². The largest absolute Gasteiger partial charge is 0.452 e. The minimum Gasteiger partial charge on any atom is -0.452 e. The number of anilines is 1. The van der Waals surface area contributed by atoms with E-state index >= 15 is 0 Å². The summed E-state index contributed by atoms with van der Waals surface area (Å²) in [5, 5.41) is 2.50. The minimum absolute atomic E-state index is 0.0592. The zero-order chi connectivity index (χ0) is 18.6. The number of carbonyl (C=O) groups is 2. The number of thioether (sulfide) groups is 1. The Kier molecular flexibility index (Phi) is 6.39. The Balaban J connectivity index is 1.86. The Hall–Kier alpha value is -1.68. The second kappa shape index (κ2) is 8.13. The van der Waals surface area contributed by atoms with Crippen LogP contribution >= 0.6 is 11.8 Å². The van der Waals surface area contributed by atoms with Crippen molar-refractivity contribution in [1.82, 2.24) is 0 Å². The third kappa shape index (κ3) is 5.96. The highest BCUT2D eigenvalue weighted by molar-refractivity contribution is 7.99. The van der Waals surface area contributed by atoms with Crippen molar-refractivity contribution in [3.8, 4) is 0 Å². The molecule has 1 aliphatic rings. The van der Waals surface area contributed by atoms with Crippen LogP contribution in [0.15, 0.2) is 29.2 Å². The Bertz CT molecular complexity index is 737. The number of hydrogen-bond acceptors (Lipinski definition) is 6. The van der Waals surface area contributed by atoms with Crippen LogP contribution in [0.5, 0.6) is 0 Å². The molecule has 1 aromatic carbocycles. The number of hydrogen-bond donors (Lipinski definition) is 1. The molecule has 0 unspecified atom stereocenters. The number of nitrogens with one attached hydrogen (secondary N) is 1. The van der Waals surface area contributed by atoms with Crippen LogP contribution in [0.2, 0.25) is 0 Å². The molecule has 2 atom stereocenters. The number of esters is 1. The number of sulfone groups is 1. The highest BCUT2D eigenvalue weighted by Gasteiger charge is 2.35. The average Bonchev–Trinajstić information content (AvgIpc) is 2.89. The molecule has 1 aromatic rings. The zero-order valence-corrected chi connectivity index (χ0v) is 14.9. The van der Waals surface area contributed by atoms with E-state index in [1.54, 1.807) is 0 Å². The van der Waals surface area contributed by atoms with Gasteiger partial charge in [-0.1, -0.05) is 11.8 Å². The lowest BCUT2D eigenvalue weighted by molar-refractivity contribution is -0.156. The summed E-state index contributed by atoms with van der Waals surface area (Å²) >= 11 is 0.390. The summed E-state index contributed by atoms with van der Waals surface area (Å²) < 4.78 is 52.2. The van der Waals surface area contributed by atoms with Gasteiger partial charge in [0.1, 0.15) is 0 Å². The summed E-state index contributed by atoms with van der Waals surface area (Å²) in [7, 11) is -3.21. The van der Waals surface area contributed by atoms with Crippen LogP contribution in [0, 0.1) is 5.92 Å². The van der Waals surface area contributed by atoms with Gasteiger partial charge in [-0.3, -0.25) is 9.59 Å². The lowest BCUT2D eigenvalue weighted by Gasteiger charge is -2.15. The van der Waals surface area contributed by atoms with Crippen LogP contribution in [0.3, 0.4) is 0 Å². The molecule has 1 amide bonds. The molecule has 10 heteroatoms. The van der Waals surface area contributed by atoms with Gasteiger partial charge in [-0.05, 0) is 37.6 Å². The predicted molar refractivity (Wildman–Crippen MR) is 89.2 cm³/mol. The Morgan fingerprint density at radius 3 is 2.44 bits per heavy atom. The summed E-state index contributed by atoms with van der Waals surface area (Å²) in [6, 6.07) is 5.79. The number of carbonyl (C=O) groups excluding carboxylic acids is 2. The van der Waals surface area contributed by atoms with Crippen molar-refractivity contribution < 1.29 is 31.5 Å². The molecule has 1 saturated heterocycles. The molecule has 0 spiro atoms. The number of rotatable bonds is 6. The summed E-state index contributed by atoms with van der Waals surface area (Å²) in [6.45, 7) is 1.37. The fourth-order valence-electron chi connectivity index (χ4n) is 2.27. The maximum absolute atomic E-state index is 12.2. The molecule has 25 heavy (non-hydrogen) atoms. The molecule has 0 bridgehead atoms. The topological polar surface area (TPSA) is 89.5 Å². The highest BCUT2D eigenvalue weighted by Crippen LogP contribution is 2.26. The second-order valence-electron chi connectivity index (χ2n) is 5.57. The Labute approximate surface area is 148 Å². The molecule has 1 N–H and O–H groups in total. The first kappa shape index (κ1) is 19.6. The number of amides is 1. The predicted octanol–water partition coefficient (Wildman–Crippen LogP) is 2.31. The molecule has 1 fully saturated rings. The Morgan fingerprint density at radius 2 is 1.92 bits per heavy atom. The average molecular weight is 393 g/mol. The van der Waals surface area contributed by atoms with E-state index in [1.807, 2.05) is 0 Å². The molecule has 138 valence electrons. The van der Waals surface area contributed by atoms with E-state index in [4.69, 9.17) is 4.74 Å². The van der Waals surface area contributed by atoms with E-state index in [0.717, 1.165) is 0 Å². The van der Waals surface area contributed by atoms with Crippen molar-refractivity contribution >= 4 is 39.2 Å². The molecule has 6 nitrogen and oxygen atoms in total. The summed E-state index contributed by atoms with van der Waals surface area (Å²) in [4.78, 5) is 24.3. The van der Waals surface area contributed by atoms with E-state index < -0.39 is 39.5 Å². The van der Waals surface area contributed by atoms with Gasteiger partial charge in [-0.2, -0.15) is 8.78 Å². The number of halogens is 2. The first-order valence-electron chi connectivity index (χ1n) is 7.43. The Morgan fingerprint density at radius 1 is 1.28 bits per heavy atom. The van der Waals surface area contributed by atoms with Crippen molar-refractivity contribution in [1.29, 1.82) is 0 Å². The van der Waals surface area contributed by atoms with Gasteiger partial charge in [0.2, 0.25) is 0 Å². The maximum Gasteiger partial charge on any atom is 0.310 e. The lowest BCUT2D eigenvalue weighted by atomic mass is 10.1. The fourth-order valence-corrected chi connectivity index (χ4v) is 4.49. The van der Waals surface area contributed by atoms with Gasteiger partial charge in [0.05, 0.1) is 17.4 Å². The standard InChI is InChI=1S/C15H17F2NO5S2/c1-9(23-14(20)10-6-7-25(21,22)8-10)13(19)18-11-2-4-12(5-3-11)24-15(16)17/h2-5,9-10,15H,6-8H2,1H3,(H,18,19)/t9-,10+/m1/s1. The van der Waals surface area contributed by atoms with Gasteiger partial charge in [0.15, 0.2) is 15.9 Å². The van der Waals surface area contributed by atoms with Crippen LogP contribution in [-0.4, -0.2) is 43.7 Å². The molecular weight excluding hydrogens is 376 g/mol. The van der Waals surface area contributed by atoms with E-state index in [2.05, 4.69) is 5.32 Å². The number of ether oxygens (including phenoxy) is 1. The zero-order valence-electron chi connectivity index (χ0n) is 13.3. The number of alkyl halides is 2. The molecule has 1 heterocycles. The van der Waals surface area contributed by atoms with E-state index in [0.29, 0.717) is 22.3 Å². The smallest absolute Gasteiger partial charge is 0.310 e. The van der Waals surface area contributed by atoms with Crippen LogP contribution < -0.4 is 5.32 Å². The van der Waals surface area contributed by atoms with Crippen molar-refractivity contribution in [2.75, 3.05) is 16.8 Å². The molecule has 0 aliphatic carbocycles. The van der Waals surface area contributed by atoms with Crippen LogP contribution in [0.1, 0.15) is 13.3 Å². The van der Waals surface area contributed by atoms with Gasteiger partial charge in [-0.15, -0.1) is 0 Å². The minimum atomic E-state index is -3.21. The molecular formula is C15H17F2NO5S2. The third-order valence-electron chi connectivity index (χ3n) is 3.57. The quantitative estimate of drug-likeness (QED) is 0.589. The summed E-state index contributed by atoms with van der Waals surface area (Å²) in [6.07, 6.45) is -0.912. The summed E-state index contributed by atoms with van der Waals surface area (Å²) in [5.41, 5.74) is 0.370. The van der Waals surface area contributed by atoms with Crippen molar-refractivity contribution in [3.05, 3.63) is 24.3 Å². The monoisotopic (exact) mass is 393 g/mol. The molecule has 2 rings (SSSR count). The normalized spacial score (nSPS) is 20.2. The lowest BCUT2D eigenvalue weighted by Crippen LogP contribution is -2.32. The maximum atomic E-state index is 12.2.